The Labute approximate surface area is 152 Å². The largest absolute Gasteiger partial charge is 0.439 e. The van der Waals surface area contributed by atoms with Crippen LogP contribution in [0.5, 0.6) is 0 Å². The van der Waals surface area contributed by atoms with Crippen molar-refractivity contribution in [3.63, 3.8) is 0 Å². The number of hydrogen-bond acceptors (Lipinski definition) is 5. The van der Waals surface area contributed by atoms with E-state index in [9.17, 15) is 4.79 Å². The third kappa shape index (κ3) is 2.43. The Balaban J connectivity index is 1.62. The van der Waals surface area contributed by atoms with E-state index in [0.717, 1.165) is 21.5 Å². The maximum absolute atomic E-state index is 13.1. The summed E-state index contributed by atoms with van der Waals surface area (Å²) in [6, 6.07) is 17.4. The van der Waals surface area contributed by atoms with Crippen LogP contribution in [0.2, 0.25) is 0 Å². The molecule has 0 unspecified atom stereocenters. The molecule has 5 aromatic rings. The van der Waals surface area contributed by atoms with Crippen molar-refractivity contribution in [2.75, 3.05) is 0 Å². The molecule has 2 aromatic carbocycles. The molecule has 126 valence electrons. The highest BCUT2D eigenvalue weighted by Crippen LogP contribution is 2.30. The summed E-state index contributed by atoms with van der Waals surface area (Å²) in [5.74, 6) is 0.492. The van der Waals surface area contributed by atoms with E-state index in [1.165, 1.54) is 11.3 Å². The number of oxazole rings is 1. The highest BCUT2D eigenvalue weighted by Gasteiger charge is 2.14. The minimum atomic E-state index is -0.0858. The van der Waals surface area contributed by atoms with E-state index in [4.69, 9.17) is 4.42 Å². The number of para-hydroxylation sites is 2. The van der Waals surface area contributed by atoms with Gasteiger partial charge in [0, 0.05) is 10.9 Å². The molecule has 0 N–H and O–H groups in total. The number of thiophene rings is 1. The first-order valence-electron chi connectivity index (χ1n) is 8.16. The summed E-state index contributed by atoms with van der Waals surface area (Å²) in [7, 11) is 0. The molecule has 3 aromatic heterocycles. The van der Waals surface area contributed by atoms with Gasteiger partial charge in [0.05, 0.1) is 11.7 Å². The zero-order valence-electron chi connectivity index (χ0n) is 13.6. The maximum Gasteiger partial charge on any atom is 0.263 e. The molecule has 0 fully saturated rings. The minimum Gasteiger partial charge on any atom is -0.439 e. The third-order valence-corrected chi connectivity index (χ3v) is 5.18. The van der Waals surface area contributed by atoms with Crippen molar-refractivity contribution in [3.8, 4) is 11.1 Å². The molecule has 0 aliphatic heterocycles. The molecule has 26 heavy (non-hydrogen) atoms. The summed E-state index contributed by atoms with van der Waals surface area (Å²) >= 11 is 1.48. The first-order valence-corrected chi connectivity index (χ1v) is 9.04. The molecule has 0 radical (unpaired) electrons. The van der Waals surface area contributed by atoms with E-state index in [0.29, 0.717) is 16.9 Å². The zero-order chi connectivity index (χ0) is 17.5. The summed E-state index contributed by atoms with van der Waals surface area (Å²) in [5.41, 5.74) is 3.33. The minimum absolute atomic E-state index is 0.0858. The Bertz CT molecular complexity index is 1250. The molecule has 0 atom stereocenters. The van der Waals surface area contributed by atoms with Crippen molar-refractivity contribution in [1.29, 1.82) is 0 Å². The Hall–Kier alpha value is -3.25. The molecular weight excluding hydrogens is 346 g/mol. The Morgan fingerprint density at radius 2 is 1.85 bits per heavy atom. The van der Waals surface area contributed by atoms with Crippen LogP contribution in [0, 0.1) is 0 Å². The lowest BCUT2D eigenvalue weighted by Gasteiger charge is -2.04. The molecule has 6 heteroatoms. The molecule has 0 aliphatic rings. The smallest absolute Gasteiger partial charge is 0.263 e. The molecular formula is C20H13N3O2S. The van der Waals surface area contributed by atoms with Gasteiger partial charge in [-0.1, -0.05) is 42.5 Å². The van der Waals surface area contributed by atoms with Crippen LogP contribution >= 0.6 is 11.3 Å². The summed E-state index contributed by atoms with van der Waals surface area (Å²) in [4.78, 5) is 22.7. The number of benzene rings is 2. The number of rotatable bonds is 3. The Morgan fingerprint density at radius 1 is 1.04 bits per heavy atom. The van der Waals surface area contributed by atoms with Gasteiger partial charge in [0.25, 0.3) is 5.56 Å². The predicted molar refractivity (Wildman–Crippen MR) is 102 cm³/mol. The summed E-state index contributed by atoms with van der Waals surface area (Å²) in [6.07, 6.45) is 1.56. The monoisotopic (exact) mass is 359 g/mol. The van der Waals surface area contributed by atoms with Gasteiger partial charge in [-0.3, -0.25) is 9.36 Å². The van der Waals surface area contributed by atoms with Gasteiger partial charge in [-0.25, -0.2) is 9.97 Å². The maximum atomic E-state index is 13.1. The van der Waals surface area contributed by atoms with E-state index < -0.39 is 0 Å². The molecule has 0 saturated heterocycles. The Morgan fingerprint density at radius 3 is 2.69 bits per heavy atom. The quantitative estimate of drug-likeness (QED) is 0.481. The summed E-state index contributed by atoms with van der Waals surface area (Å²) in [6.45, 7) is 0.251. The lowest BCUT2D eigenvalue weighted by Crippen LogP contribution is -2.21. The SMILES string of the molecule is O=c1c2c(-c3ccccc3)csc2ncn1Cc1nc2ccccc2o1. The topological polar surface area (TPSA) is 60.9 Å². The van der Waals surface area contributed by atoms with E-state index in [2.05, 4.69) is 9.97 Å². The van der Waals surface area contributed by atoms with E-state index in [1.54, 1.807) is 10.9 Å². The van der Waals surface area contributed by atoms with Crippen LogP contribution in [0.15, 0.2) is 75.5 Å². The van der Waals surface area contributed by atoms with Crippen LogP contribution < -0.4 is 5.56 Å². The zero-order valence-corrected chi connectivity index (χ0v) is 14.4. The van der Waals surface area contributed by atoms with Gasteiger partial charge >= 0.3 is 0 Å². The standard InChI is InChI=1S/C20H13N3O2S/c24-20-18-14(13-6-2-1-3-7-13)11-26-19(18)21-12-23(20)10-17-22-15-8-4-5-9-16(15)25-17/h1-9,11-12H,10H2. The van der Waals surface area contributed by atoms with Crippen molar-refractivity contribution < 1.29 is 4.42 Å². The first-order chi connectivity index (χ1) is 12.8. The second kappa shape index (κ2) is 5.93. The van der Waals surface area contributed by atoms with Crippen molar-refractivity contribution in [2.45, 2.75) is 6.54 Å². The first kappa shape index (κ1) is 15.0. The van der Waals surface area contributed by atoms with Crippen LogP contribution in [0.25, 0.3) is 32.4 Å². The highest BCUT2D eigenvalue weighted by atomic mass is 32.1. The summed E-state index contributed by atoms with van der Waals surface area (Å²) in [5, 5.41) is 2.62. The van der Waals surface area contributed by atoms with Gasteiger partial charge in [-0.2, -0.15) is 0 Å². The van der Waals surface area contributed by atoms with Crippen LogP contribution in [0.1, 0.15) is 5.89 Å². The van der Waals surface area contributed by atoms with Crippen molar-refractivity contribution >= 4 is 32.7 Å². The van der Waals surface area contributed by atoms with E-state index in [-0.39, 0.29) is 12.1 Å². The fourth-order valence-electron chi connectivity index (χ4n) is 3.04. The molecule has 3 heterocycles. The molecule has 0 amide bonds. The van der Waals surface area contributed by atoms with E-state index >= 15 is 0 Å². The lowest BCUT2D eigenvalue weighted by molar-refractivity contribution is 0.503. The van der Waals surface area contributed by atoms with Crippen molar-refractivity contribution in [2.24, 2.45) is 0 Å². The molecule has 0 bridgehead atoms. The second-order valence-corrected chi connectivity index (χ2v) is 6.81. The lowest BCUT2D eigenvalue weighted by atomic mass is 10.1. The van der Waals surface area contributed by atoms with Crippen LogP contribution in [0.4, 0.5) is 0 Å². The fraction of sp³-hybridized carbons (Fsp3) is 0.0500. The van der Waals surface area contributed by atoms with Gasteiger partial charge < -0.3 is 4.42 Å². The van der Waals surface area contributed by atoms with Crippen molar-refractivity contribution in [1.82, 2.24) is 14.5 Å². The third-order valence-electron chi connectivity index (χ3n) is 4.29. The number of nitrogens with zero attached hydrogens (tertiary/aromatic N) is 3. The highest BCUT2D eigenvalue weighted by molar-refractivity contribution is 7.17. The molecule has 5 nitrogen and oxygen atoms in total. The Kier molecular flexibility index (Phi) is 3.43. The summed E-state index contributed by atoms with van der Waals surface area (Å²) < 4.78 is 7.29. The van der Waals surface area contributed by atoms with Gasteiger partial charge in [0.2, 0.25) is 5.89 Å². The van der Waals surface area contributed by atoms with Crippen LogP contribution in [0.3, 0.4) is 0 Å². The van der Waals surface area contributed by atoms with Crippen LogP contribution in [-0.4, -0.2) is 14.5 Å². The molecule has 0 aliphatic carbocycles. The molecule has 5 rings (SSSR count). The van der Waals surface area contributed by atoms with Gasteiger partial charge in [0.1, 0.15) is 16.9 Å². The van der Waals surface area contributed by atoms with Gasteiger partial charge in [-0.05, 0) is 17.7 Å². The molecule has 0 saturated carbocycles. The number of fused-ring (bicyclic) bond motifs is 2. The average molecular weight is 359 g/mol. The average Bonchev–Trinajstić information content (AvgIpc) is 3.28. The number of aromatic nitrogens is 3. The number of hydrogen-bond donors (Lipinski definition) is 0. The van der Waals surface area contributed by atoms with E-state index in [1.807, 2.05) is 60.0 Å². The normalized spacial score (nSPS) is 11.4. The van der Waals surface area contributed by atoms with Gasteiger partial charge in [0.15, 0.2) is 5.58 Å². The predicted octanol–water partition coefficient (Wildman–Crippen LogP) is 4.31. The molecule has 0 spiro atoms. The van der Waals surface area contributed by atoms with Crippen LogP contribution in [-0.2, 0) is 6.54 Å². The van der Waals surface area contributed by atoms with Gasteiger partial charge in [-0.15, -0.1) is 11.3 Å². The fourth-order valence-corrected chi connectivity index (χ4v) is 3.95. The second-order valence-electron chi connectivity index (χ2n) is 5.95. The van der Waals surface area contributed by atoms with Crippen molar-refractivity contribution in [3.05, 3.63) is 82.5 Å².